The van der Waals surface area contributed by atoms with Crippen molar-refractivity contribution in [3.63, 3.8) is 0 Å². The van der Waals surface area contributed by atoms with Crippen molar-refractivity contribution < 1.29 is 37.4 Å². The van der Waals surface area contributed by atoms with Crippen LogP contribution in [0.2, 0.25) is 0 Å². The average Bonchev–Trinajstić information content (AvgIpc) is 3.12. The Hall–Kier alpha value is -3.28. The van der Waals surface area contributed by atoms with Gasteiger partial charge in [-0.25, -0.2) is 13.9 Å². The Morgan fingerprint density at radius 3 is 2.69 bits per heavy atom. The second-order valence-corrected chi connectivity index (χ2v) is 11.1. The summed E-state index contributed by atoms with van der Waals surface area (Å²) >= 11 is 0. The van der Waals surface area contributed by atoms with Crippen LogP contribution in [0.5, 0.6) is 5.75 Å². The maximum atomic E-state index is 15.8. The number of fused-ring (bicyclic) bond motifs is 1. The van der Waals surface area contributed by atoms with Crippen molar-refractivity contribution in [1.82, 2.24) is 9.99 Å². The highest BCUT2D eigenvalue weighted by Gasteiger charge is 2.59. The Morgan fingerprint density at radius 1 is 1.31 bits per heavy atom. The molecule has 39 heavy (non-hydrogen) atoms. The molecule has 4 rings (SSSR count). The van der Waals surface area contributed by atoms with E-state index in [0.717, 1.165) is 5.39 Å². The minimum absolute atomic E-state index is 0.115. The zero-order valence-electron chi connectivity index (χ0n) is 22.0. The van der Waals surface area contributed by atoms with Crippen molar-refractivity contribution in [3.05, 3.63) is 67.1 Å². The number of ether oxygens (including phenoxy) is 2. The van der Waals surface area contributed by atoms with Crippen LogP contribution < -0.4 is 15.3 Å². The molecule has 2 aliphatic rings. The topological polar surface area (TPSA) is 145 Å². The third-order valence-electron chi connectivity index (χ3n) is 6.52. The largest absolute Gasteiger partial charge is 0.468 e. The third kappa shape index (κ3) is 5.85. The number of aliphatic imine (C=N–C) groups is 1. The Kier molecular flexibility index (Phi) is 8.15. The van der Waals surface area contributed by atoms with Crippen molar-refractivity contribution >= 4 is 30.3 Å². The van der Waals surface area contributed by atoms with E-state index in [4.69, 9.17) is 24.3 Å². The molecule has 5 unspecified atom stereocenters. The van der Waals surface area contributed by atoms with Crippen LogP contribution in [0.3, 0.4) is 0 Å². The van der Waals surface area contributed by atoms with E-state index in [1.165, 1.54) is 45.1 Å². The Balaban J connectivity index is 1.61. The van der Waals surface area contributed by atoms with Gasteiger partial charge in [0.05, 0.1) is 13.2 Å². The summed E-state index contributed by atoms with van der Waals surface area (Å²) in [6.45, 7) is 7.81. The van der Waals surface area contributed by atoms with Gasteiger partial charge in [0.2, 0.25) is 0 Å². The summed E-state index contributed by atoms with van der Waals surface area (Å²) in [5.74, 6) is -0.193. The van der Waals surface area contributed by atoms with Crippen LogP contribution in [0.15, 0.2) is 72.1 Å². The highest BCUT2D eigenvalue weighted by atomic mass is 31.2. The molecule has 0 radical (unpaired) electrons. The lowest BCUT2D eigenvalue weighted by Crippen LogP contribution is -2.49. The van der Waals surface area contributed by atoms with Gasteiger partial charge in [0.1, 0.15) is 35.7 Å². The minimum atomic E-state index is -4.37. The van der Waals surface area contributed by atoms with Crippen LogP contribution in [-0.2, 0) is 23.4 Å². The molecule has 0 aromatic heterocycles. The fourth-order valence-electron chi connectivity index (χ4n) is 4.46. The van der Waals surface area contributed by atoms with Crippen molar-refractivity contribution in [3.8, 4) is 5.75 Å². The van der Waals surface area contributed by atoms with Crippen molar-refractivity contribution in [2.45, 2.75) is 57.0 Å². The molecule has 0 bridgehead atoms. The van der Waals surface area contributed by atoms with E-state index in [9.17, 15) is 14.5 Å². The number of nitrogens with two attached hydrogens (primary N) is 1. The maximum absolute atomic E-state index is 15.8. The molecule has 2 aromatic rings. The first kappa shape index (κ1) is 28.7. The van der Waals surface area contributed by atoms with Crippen LogP contribution in [0.1, 0.15) is 20.8 Å². The van der Waals surface area contributed by atoms with E-state index in [1.807, 2.05) is 18.2 Å². The summed E-state index contributed by atoms with van der Waals surface area (Å²) < 4.78 is 52.3. The van der Waals surface area contributed by atoms with E-state index in [1.54, 1.807) is 24.3 Å². The van der Waals surface area contributed by atoms with Gasteiger partial charge >= 0.3 is 13.7 Å². The summed E-state index contributed by atoms with van der Waals surface area (Å²) in [5.41, 5.74) is 3.37. The van der Waals surface area contributed by atoms with E-state index in [-0.39, 0.29) is 17.4 Å². The number of benzene rings is 2. The van der Waals surface area contributed by atoms with E-state index in [2.05, 4.69) is 16.7 Å². The second kappa shape index (κ2) is 11.1. The lowest BCUT2D eigenvalue weighted by atomic mass is 9.95. The number of methoxy groups -OCH3 is 1. The number of aliphatic hydroxyl groups excluding tert-OH is 1. The predicted octanol–water partition coefficient (Wildman–Crippen LogP) is 3.35. The SMILES string of the molecule is C=C1N=C(N)C=CN1[C@@H]1O[C@H](C(C)OP(=O)(NC(C)C(=O)OC)Oc2cccc3ccccc23)C(O)C1(C)F. The number of esters is 1. The molecule has 0 spiro atoms. The Morgan fingerprint density at radius 2 is 2.00 bits per heavy atom. The number of hydrogen-bond acceptors (Lipinski definition) is 10. The standard InChI is InChI=1S/C26H32FN4O7P/c1-15(24(33)35-5)30-39(34,38-20-12-8-10-18-9-6-7-11-19(18)20)37-16(2)22-23(32)26(4,27)25(36-22)31-14-13-21(28)29-17(31)3/h6-16,22-23,25,32H,3H2,1-2,4-5H3,(H2,28,29)(H,30,34)/t15?,16?,22-,23?,25-,26?,39?/m1/s1. The molecule has 210 valence electrons. The molecule has 4 N–H and O–H groups in total. The van der Waals surface area contributed by atoms with E-state index in [0.29, 0.717) is 5.39 Å². The number of nitrogens with one attached hydrogen (secondary N) is 1. The summed E-state index contributed by atoms with van der Waals surface area (Å²) in [4.78, 5) is 17.5. The van der Waals surface area contributed by atoms with Gasteiger partial charge in [-0.15, -0.1) is 0 Å². The van der Waals surface area contributed by atoms with E-state index < -0.39 is 50.0 Å². The first-order valence-electron chi connectivity index (χ1n) is 12.2. The molecule has 13 heteroatoms. The highest BCUT2D eigenvalue weighted by molar-refractivity contribution is 7.52. The fourth-order valence-corrected chi connectivity index (χ4v) is 6.17. The monoisotopic (exact) mass is 562 g/mol. The van der Waals surface area contributed by atoms with Crippen LogP contribution >= 0.6 is 7.75 Å². The number of carbonyl (C=O) groups is 1. The third-order valence-corrected chi connectivity index (χ3v) is 8.27. The summed E-state index contributed by atoms with van der Waals surface area (Å²) in [7, 11) is -3.18. The van der Waals surface area contributed by atoms with Gasteiger partial charge in [0, 0.05) is 11.6 Å². The average molecular weight is 563 g/mol. The highest BCUT2D eigenvalue weighted by Crippen LogP contribution is 2.50. The quantitative estimate of drug-likeness (QED) is 0.307. The molecule has 7 atom stereocenters. The Bertz CT molecular complexity index is 1360. The first-order chi connectivity index (χ1) is 18.4. The fraction of sp³-hybridized carbons (Fsp3) is 0.385. The van der Waals surface area contributed by atoms with Crippen LogP contribution in [0.4, 0.5) is 4.39 Å². The second-order valence-electron chi connectivity index (χ2n) is 9.48. The maximum Gasteiger partial charge on any atom is 0.459 e. The molecule has 0 saturated carbocycles. The summed E-state index contributed by atoms with van der Waals surface area (Å²) in [6.07, 6.45) is -2.64. The Labute approximate surface area is 225 Å². The molecule has 2 aromatic carbocycles. The lowest BCUT2D eigenvalue weighted by molar-refractivity contribution is -0.142. The molecule has 1 saturated heterocycles. The summed E-state index contributed by atoms with van der Waals surface area (Å²) in [6, 6.07) is 11.3. The number of alkyl halides is 1. The van der Waals surface area contributed by atoms with Gasteiger partial charge in [0.15, 0.2) is 11.9 Å². The zero-order chi connectivity index (χ0) is 28.5. The van der Waals surface area contributed by atoms with Crippen LogP contribution in [-0.4, -0.2) is 65.2 Å². The normalized spacial score (nSPS) is 28.1. The number of hydrogen-bond donors (Lipinski definition) is 3. The van der Waals surface area contributed by atoms with Gasteiger partial charge in [0.25, 0.3) is 0 Å². The molecule has 2 heterocycles. The number of aliphatic hydroxyl groups is 1. The minimum Gasteiger partial charge on any atom is -0.468 e. The molecule has 11 nitrogen and oxygen atoms in total. The lowest BCUT2D eigenvalue weighted by Gasteiger charge is -2.34. The number of halogens is 1. The van der Waals surface area contributed by atoms with E-state index >= 15 is 4.39 Å². The van der Waals surface area contributed by atoms with Gasteiger partial charge in [-0.2, -0.15) is 5.09 Å². The molecular formula is C26H32FN4O7P. The first-order valence-corrected chi connectivity index (χ1v) is 13.7. The van der Waals surface area contributed by atoms with Gasteiger partial charge < -0.3 is 29.7 Å². The summed E-state index contributed by atoms with van der Waals surface area (Å²) in [5, 5.41) is 15.0. The van der Waals surface area contributed by atoms with Crippen molar-refractivity contribution in [2.75, 3.05) is 7.11 Å². The molecule has 2 aliphatic heterocycles. The zero-order valence-corrected chi connectivity index (χ0v) is 22.9. The smallest absolute Gasteiger partial charge is 0.459 e. The number of nitrogens with zero attached hydrogens (tertiary/aromatic N) is 2. The van der Waals surface area contributed by atoms with Gasteiger partial charge in [-0.1, -0.05) is 43.0 Å². The van der Waals surface area contributed by atoms with Crippen LogP contribution in [0.25, 0.3) is 10.8 Å². The van der Waals surface area contributed by atoms with Crippen LogP contribution in [0, 0.1) is 0 Å². The van der Waals surface area contributed by atoms with Crippen molar-refractivity contribution in [1.29, 1.82) is 0 Å². The molecule has 1 fully saturated rings. The van der Waals surface area contributed by atoms with Gasteiger partial charge in [-0.3, -0.25) is 9.32 Å². The molecular weight excluding hydrogens is 530 g/mol. The number of amidine groups is 1. The predicted molar refractivity (Wildman–Crippen MR) is 143 cm³/mol. The van der Waals surface area contributed by atoms with Crippen molar-refractivity contribution in [2.24, 2.45) is 10.7 Å². The molecule has 0 aliphatic carbocycles. The number of carbonyl (C=O) groups excluding carboxylic acids is 1. The van der Waals surface area contributed by atoms with Gasteiger partial charge in [-0.05, 0) is 38.3 Å². The molecule has 0 amide bonds. The number of rotatable bonds is 9.